The van der Waals surface area contributed by atoms with Crippen molar-refractivity contribution in [3.8, 4) is 5.75 Å². The molecule has 0 spiro atoms. The molecule has 1 saturated heterocycles. The van der Waals surface area contributed by atoms with Gasteiger partial charge in [-0.1, -0.05) is 59.9 Å². The Morgan fingerprint density at radius 1 is 1.05 bits per heavy atom. The summed E-state index contributed by atoms with van der Waals surface area (Å²) in [5.41, 5.74) is 0.478. The fraction of sp³-hybridized carbons (Fsp3) is 0.655. The van der Waals surface area contributed by atoms with Gasteiger partial charge in [0.1, 0.15) is 17.8 Å². The van der Waals surface area contributed by atoms with Crippen molar-refractivity contribution in [3.05, 3.63) is 29.8 Å². The van der Waals surface area contributed by atoms with Gasteiger partial charge in [-0.3, -0.25) is 19.3 Å². The van der Waals surface area contributed by atoms with Crippen LogP contribution in [0.25, 0.3) is 0 Å². The van der Waals surface area contributed by atoms with Crippen molar-refractivity contribution in [2.24, 2.45) is 5.41 Å². The van der Waals surface area contributed by atoms with Gasteiger partial charge in [0.25, 0.3) is 0 Å². The molecule has 0 radical (unpaired) electrons. The first-order chi connectivity index (χ1) is 19.6. The molecule has 4 N–H and O–H groups in total. The largest absolute Gasteiger partial charge is 0.508 e. The predicted molar refractivity (Wildman–Crippen MR) is 163 cm³/mol. The summed E-state index contributed by atoms with van der Waals surface area (Å²) in [5, 5.41) is 18.3. The standard InChI is InChI=1S/C29H44N4O6S2/c1-5-30-25(35)22(31-26(36)24-21(13-16-33(24)3)19-9-11-20(34)12-10-19)17-40-41-18-23(27(37)39-4)32-28(38)29(2)14-7-6-8-15-29/h9-12,21-24,34H,5-8,13-18H2,1-4H3,(H,30,35)(H,31,36)(H,32,38). The molecule has 10 nitrogen and oxygen atoms in total. The molecule has 4 atom stereocenters. The number of hydrogen-bond donors (Lipinski definition) is 4. The number of amides is 3. The van der Waals surface area contributed by atoms with Crippen LogP contribution < -0.4 is 16.0 Å². The Labute approximate surface area is 250 Å². The fourth-order valence-electron chi connectivity index (χ4n) is 5.57. The molecule has 1 aromatic rings. The van der Waals surface area contributed by atoms with E-state index in [1.54, 1.807) is 12.1 Å². The van der Waals surface area contributed by atoms with Gasteiger partial charge in [-0.2, -0.15) is 0 Å². The summed E-state index contributed by atoms with van der Waals surface area (Å²) in [4.78, 5) is 53.8. The number of hydrogen-bond acceptors (Lipinski definition) is 9. The van der Waals surface area contributed by atoms with Gasteiger partial charge in [0.15, 0.2) is 0 Å². The molecule has 2 fully saturated rings. The Morgan fingerprint density at radius 3 is 2.29 bits per heavy atom. The molecule has 1 aliphatic carbocycles. The lowest BCUT2D eigenvalue weighted by Crippen LogP contribution is -2.53. The molecule has 41 heavy (non-hydrogen) atoms. The average Bonchev–Trinajstić information content (AvgIpc) is 3.35. The first-order valence-corrected chi connectivity index (χ1v) is 16.8. The van der Waals surface area contributed by atoms with Crippen molar-refractivity contribution < 1.29 is 29.0 Å². The van der Waals surface area contributed by atoms with E-state index in [0.29, 0.717) is 6.54 Å². The van der Waals surface area contributed by atoms with E-state index >= 15 is 0 Å². The van der Waals surface area contributed by atoms with Gasteiger partial charge in [-0.25, -0.2) is 4.79 Å². The summed E-state index contributed by atoms with van der Waals surface area (Å²) < 4.78 is 4.94. The maximum atomic E-state index is 13.5. The molecule has 1 aromatic carbocycles. The van der Waals surface area contributed by atoms with Crippen LogP contribution in [0.5, 0.6) is 5.75 Å². The number of rotatable bonds is 13. The number of phenolic OH excluding ortho intramolecular Hbond substituents is 1. The number of nitrogens with zero attached hydrogens (tertiary/aromatic N) is 1. The average molecular weight is 609 g/mol. The summed E-state index contributed by atoms with van der Waals surface area (Å²) in [6.45, 7) is 4.93. The van der Waals surface area contributed by atoms with Crippen molar-refractivity contribution in [1.29, 1.82) is 0 Å². The van der Waals surface area contributed by atoms with Gasteiger partial charge in [-0.05, 0) is 57.5 Å². The molecular formula is C29H44N4O6S2. The van der Waals surface area contributed by atoms with Crippen molar-refractivity contribution in [3.63, 3.8) is 0 Å². The monoisotopic (exact) mass is 608 g/mol. The number of nitrogens with one attached hydrogen (secondary N) is 3. The maximum absolute atomic E-state index is 13.5. The SMILES string of the molecule is CCNC(=O)C(CSSCC(NC(=O)C1(C)CCCCC1)C(=O)OC)NC(=O)C1C(c2ccc(O)cc2)CCN1C. The van der Waals surface area contributed by atoms with Gasteiger partial charge in [0.05, 0.1) is 13.2 Å². The molecule has 1 heterocycles. The van der Waals surface area contributed by atoms with E-state index < -0.39 is 29.5 Å². The smallest absolute Gasteiger partial charge is 0.329 e. The lowest BCUT2D eigenvalue weighted by Gasteiger charge is -2.33. The molecule has 12 heteroatoms. The zero-order chi connectivity index (χ0) is 30.0. The number of carbonyl (C=O) groups excluding carboxylic acids is 4. The maximum Gasteiger partial charge on any atom is 0.329 e. The minimum absolute atomic E-state index is 0.0621. The second kappa shape index (κ2) is 15.7. The van der Waals surface area contributed by atoms with Gasteiger partial charge in [0, 0.05) is 29.4 Å². The second-order valence-electron chi connectivity index (χ2n) is 11.1. The Hall–Kier alpha value is -2.44. The third kappa shape index (κ3) is 9.02. The summed E-state index contributed by atoms with van der Waals surface area (Å²) in [6.07, 6.45) is 5.50. The number of esters is 1. The van der Waals surface area contributed by atoms with Gasteiger partial charge >= 0.3 is 5.97 Å². The van der Waals surface area contributed by atoms with Crippen LogP contribution in [-0.4, -0.2) is 90.6 Å². The third-order valence-corrected chi connectivity index (χ3v) is 10.5. The Morgan fingerprint density at radius 2 is 1.68 bits per heavy atom. The third-order valence-electron chi connectivity index (χ3n) is 8.07. The van der Waals surface area contributed by atoms with E-state index in [1.165, 1.54) is 28.7 Å². The van der Waals surface area contributed by atoms with Crippen molar-refractivity contribution in [2.45, 2.75) is 76.4 Å². The number of phenols is 1. The van der Waals surface area contributed by atoms with Crippen LogP contribution >= 0.6 is 21.6 Å². The number of aromatic hydroxyl groups is 1. The van der Waals surface area contributed by atoms with Gasteiger partial charge in [-0.15, -0.1) is 0 Å². The van der Waals surface area contributed by atoms with Gasteiger partial charge in [0.2, 0.25) is 17.7 Å². The highest BCUT2D eigenvalue weighted by atomic mass is 33.1. The molecule has 0 aromatic heterocycles. The van der Waals surface area contributed by atoms with Crippen LogP contribution in [0.3, 0.4) is 0 Å². The number of likely N-dealkylation sites (N-methyl/N-ethyl adjacent to an activating group) is 2. The highest BCUT2D eigenvalue weighted by Gasteiger charge is 2.40. The minimum Gasteiger partial charge on any atom is -0.508 e. The summed E-state index contributed by atoms with van der Waals surface area (Å²) in [5.74, 6) is -0.495. The normalized spacial score (nSPS) is 21.9. The van der Waals surface area contributed by atoms with E-state index in [2.05, 4.69) is 16.0 Å². The number of benzene rings is 1. The highest BCUT2D eigenvalue weighted by molar-refractivity contribution is 8.76. The molecule has 1 aliphatic heterocycles. The van der Waals surface area contributed by atoms with Crippen LogP contribution in [0.4, 0.5) is 0 Å². The molecule has 3 amide bonds. The van der Waals surface area contributed by atoms with E-state index in [0.717, 1.165) is 50.6 Å². The highest BCUT2D eigenvalue weighted by Crippen LogP contribution is 2.36. The second-order valence-corrected chi connectivity index (χ2v) is 13.7. The van der Waals surface area contributed by atoms with E-state index in [1.807, 2.05) is 37.9 Å². The van der Waals surface area contributed by atoms with Crippen LogP contribution in [-0.2, 0) is 23.9 Å². The Kier molecular flexibility index (Phi) is 12.7. The molecular weight excluding hydrogens is 564 g/mol. The van der Waals surface area contributed by atoms with Crippen LogP contribution in [0, 0.1) is 5.41 Å². The number of ether oxygens (including phenoxy) is 1. The lowest BCUT2D eigenvalue weighted by atomic mass is 9.75. The number of likely N-dealkylation sites (tertiary alicyclic amines) is 1. The summed E-state index contributed by atoms with van der Waals surface area (Å²) >= 11 is 0. The first-order valence-electron chi connectivity index (χ1n) is 14.3. The first kappa shape index (κ1) is 33.1. The molecule has 4 unspecified atom stereocenters. The predicted octanol–water partition coefficient (Wildman–Crippen LogP) is 2.81. The molecule has 2 aliphatic rings. The number of methoxy groups -OCH3 is 1. The van der Waals surface area contributed by atoms with Crippen molar-refractivity contribution in [1.82, 2.24) is 20.9 Å². The topological polar surface area (TPSA) is 137 Å². The summed E-state index contributed by atoms with van der Waals surface area (Å²) in [7, 11) is 5.90. The Bertz CT molecular complexity index is 1050. The van der Waals surface area contributed by atoms with E-state index in [-0.39, 0.29) is 40.9 Å². The molecule has 0 bridgehead atoms. The molecule has 1 saturated carbocycles. The molecule has 228 valence electrons. The van der Waals surface area contributed by atoms with Crippen LogP contribution in [0.15, 0.2) is 24.3 Å². The quantitative estimate of drug-likeness (QED) is 0.151. The van der Waals surface area contributed by atoms with Crippen molar-refractivity contribution >= 4 is 45.3 Å². The van der Waals surface area contributed by atoms with E-state index in [9.17, 15) is 24.3 Å². The lowest BCUT2D eigenvalue weighted by molar-refractivity contribution is -0.146. The van der Waals surface area contributed by atoms with E-state index in [4.69, 9.17) is 4.74 Å². The minimum atomic E-state index is -0.806. The van der Waals surface area contributed by atoms with Gasteiger partial charge < -0.3 is 25.8 Å². The zero-order valence-corrected chi connectivity index (χ0v) is 26.1. The fourth-order valence-corrected chi connectivity index (χ4v) is 7.89. The molecule has 3 rings (SSSR count). The zero-order valence-electron chi connectivity index (χ0n) is 24.4. The van der Waals surface area contributed by atoms with Crippen molar-refractivity contribution in [2.75, 3.05) is 38.8 Å². The van der Waals surface area contributed by atoms with Crippen LogP contribution in [0.2, 0.25) is 0 Å². The summed E-state index contributed by atoms with van der Waals surface area (Å²) in [6, 6.07) is 4.87. The number of carbonyl (C=O) groups is 4. The van der Waals surface area contributed by atoms with Crippen LogP contribution in [0.1, 0.15) is 63.9 Å². The Balaban J connectivity index is 1.60.